The Morgan fingerprint density at radius 2 is 1.91 bits per heavy atom. The summed E-state index contributed by atoms with van der Waals surface area (Å²) in [5, 5.41) is 0.592. The zero-order valence-electron chi connectivity index (χ0n) is 17.7. The Kier molecular flexibility index (Phi) is 6.58. The van der Waals surface area contributed by atoms with Gasteiger partial charge in [0.15, 0.2) is 0 Å². The average Bonchev–Trinajstić information content (AvgIpc) is 3.14. The molecule has 0 amide bonds. The van der Waals surface area contributed by atoms with Gasteiger partial charge in [0.2, 0.25) is 5.82 Å². The zero-order valence-corrected chi connectivity index (χ0v) is 19.3. The maximum Gasteiger partial charge on any atom is 0.449 e. The summed E-state index contributed by atoms with van der Waals surface area (Å²) in [5.41, 5.74) is 7.59. The Balaban J connectivity index is 1.55. The maximum atomic E-state index is 13.7. The van der Waals surface area contributed by atoms with E-state index in [9.17, 15) is 17.6 Å². The maximum absolute atomic E-state index is 13.7. The first-order valence-corrected chi connectivity index (χ1v) is 11.1. The minimum absolute atomic E-state index is 0.101. The first-order chi connectivity index (χ1) is 15.6. The third-order valence-corrected chi connectivity index (χ3v) is 5.78. The summed E-state index contributed by atoms with van der Waals surface area (Å²) in [4.78, 5) is 8.07. The van der Waals surface area contributed by atoms with E-state index in [1.165, 1.54) is 29.0 Å². The highest BCUT2D eigenvalue weighted by Gasteiger charge is 2.37. The second kappa shape index (κ2) is 9.26. The van der Waals surface area contributed by atoms with Gasteiger partial charge in [-0.05, 0) is 56.2 Å². The molecule has 0 aliphatic carbocycles. The molecule has 1 unspecified atom stereocenters. The number of nitrogens with two attached hydrogens (primary N) is 1. The van der Waals surface area contributed by atoms with Crippen LogP contribution in [-0.4, -0.2) is 21.1 Å². The molecule has 0 saturated heterocycles. The van der Waals surface area contributed by atoms with E-state index in [-0.39, 0.29) is 18.7 Å². The van der Waals surface area contributed by atoms with Crippen LogP contribution in [0.3, 0.4) is 0 Å². The molecule has 0 radical (unpaired) electrons. The number of benzene rings is 2. The summed E-state index contributed by atoms with van der Waals surface area (Å²) in [6, 6.07) is 8.98. The predicted molar refractivity (Wildman–Crippen MR) is 121 cm³/mol. The van der Waals surface area contributed by atoms with Crippen molar-refractivity contribution in [3.05, 3.63) is 64.3 Å². The number of hydrogen-bond donors (Lipinski definition) is 1. The monoisotopic (exact) mass is 524 g/mol. The number of aromatic nitrogens is 3. The Bertz CT molecular complexity index is 1300. The number of halogens is 5. The molecule has 4 aromatic rings. The van der Waals surface area contributed by atoms with E-state index in [4.69, 9.17) is 10.5 Å². The van der Waals surface area contributed by atoms with Gasteiger partial charge in [-0.3, -0.25) is 4.98 Å². The van der Waals surface area contributed by atoms with E-state index in [1.807, 2.05) is 0 Å². The quantitative estimate of drug-likeness (QED) is 0.225. The number of aryl methyl sites for hydroxylation is 1. The highest BCUT2D eigenvalue weighted by molar-refractivity contribution is 9.10. The van der Waals surface area contributed by atoms with Gasteiger partial charge in [-0.2, -0.15) is 13.2 Å². The van der Waals surface area contributed by atoms with E-state index in [0.29, 0.717) is 40.6 Å². The van der Waals surface area contributed by atoms with Crippen molar-refractivity contribution < 1.29 is 22.3 Å². The summed E-state index contributed by atoms with van der Waals surface area (Å²) < 4.78 is 62.4. The molecule has 0 fully saturated rings. The van der Waals surface area contributed by atoms with Crippen LogP contribution in [0.2, 0.25) is 0 Å². The summed E-state index contributed by atoms with van der Waals surface area (Å²) in [7, 11) is 0. The number of nitrogens with zero attached hydrogens (tertiary/aromatic N) is 3. The van der Waals surface area contributed by atoms with Crippen molar-refractivity contribution in [1.29, 1.82) is 0 Å². The number of rotatable bonds is 7. The number of unbranched alkanes of at least 4 members (excludes halogenated alkanes) is 1. The molecule has 0 aliphatic rings. The molecule has 2 aromatic carbocycles. The first-order valence-electron chi connectivity index (χ1n) is 10.3. The molecule has 5 nitrogen and oxygen atoms in total. The van der Waals surface area contributed by atoms with Gasteiger partial charge in [0, 0.05) is 28.0 Å². The van der Waals surface area contributed by atoms with Crippen LogP contribution in [0.5, 0.6) is 5.75 Å². The molecular weight excluding hydrogens is 504 g/mol. The fourth-order valence-corrected chi connectivity index (χ4v) is 4.14. The molecule has 0 aliphatic heterocycles. The van der Waals surface area contributed by atoms with Crippen LogP contribution in [0.15, 0.2) is 47.1 Å². The molecule has 174 valence electrons. The fourth-order valence-electron chi connectivity index (χ4n) is 3.78. The van der Waals surface area contributed by atoms with Crippen molar-refractivity contribution in [1.82, 2.24) is 14.5 Å². The number of pyridine rings is 1. The lowest BCUT2D eigenvalue weighted by atomic mass is 10.1. The lowest BCUT2D eigenvalue weighted by molar-refractivity contribution is -0.146. The summed E-state index contributed by atoms with van der Waals surface area (Å²) >= 11 is 3.38. The van der Waals surface area contributed by atoms with E-state index in [1.54, 1.807) is 25.1 Å². The minimum atomic E-state index is -4.60. The smallest absolute Gasteiger partial charge is 0.449 e. The first kappa shape index (κ1) is 23.4. The largest absolute Gasteiger partial charge is 0.493 e. The van der Waals surface area contributed by atoms with Crippen molar-refractivity contribution in [2.24, 2.45) is 5.73 Å². The average molecular weight is 525 g/mol. The SMILES string of the molecule is CC(N)c1cc(F)ccc1OCCCCn1c(C(F)(F)F)nc2cnc3ccc(Br)cc3c21. The van der Waals surface area contributed by atoms with Gasteiger partial charge in [0.05, 0.1) is 23.8 Å². The highest BCUT2D eigenvalue weighted by atomic mass is 79.9. The molecule has 2 aromatic heterocycles. The number of fused-ring (bicyclic) bond motifs is 3. The second-order valence-corrected chi connectivity index (χ2v) is 8.68. The van der Waals surface area contributed by atoms with Gasteiger partial charge in [0.25, 0.3) is 0 Å². The number of alkyl halides is 3. The van der Waals surface area contributed by atoms with Crippen molar-refractivity contribution in [3.8, 4) is 5.75 Å². The van der Waals surface area contributed by atoms with Crippen LogP contribution in [0, 0.1) is 5.82 Å². The standard InChI is InChI=1S/C23H21BrF4N4O/c1-13(29)16-11-15(25)5-7-20(16)33-9-3-2-8-32-21-17-10-14(24)4-6-18(17)30-12-19(21)31-22(32)23(26,27)28/h4-7,10-13H,2-3,8-9,29H2,1H3. The fraction of sp³-hybridized carbons (Fsp3) is 0.304. The molecule has 4 rings (SSSR count). The van der Waals surface area contributed by atoms with Crippen LogP contribution in [0.4, 0.5) is 17.6 Å². The third kappa shape index (κ3) is 4.96. The van der Waals surface area contributed by atoms with E-state index in [0.717, 1.165) is 4.47 Å². The molecule has 2 heterocycles. The second-order valence-electron chi connectivity index (χ2n) is 7.76. The van der Waals surface area contributed by atoms with Gasteiger partial charge in [-0.25, -0.2) is 9.37 Å². The van der Waals surface area contributed by atoms with Crippen molar-refractivity contribution in [2.45, 2.75) is 38.5 Å². The summed E-state index contributed by atoms with van der Waals surface area (Å²) in [5.74, 6) is -0.891. The summed E-state index contributed by atoms with van der Waals surface area (Å²) in [6.07, 6.45) is -2.33. The van der Waals surface area contributed by atoms with Crippen LogP contribution in [0.1, 0.15) is 37.2 Å². The van der Waals surface area contributed by atoms with Gasteiger partial charge in [-0.1, -0.05) is 15.9 Å². The van der Waals surface area contributed by atoms with Gasteiger partial charge in [-0.15, -0.1) is 0 Å². The lowest BCUT2D eigenvalue weighted by Crippen LogP contribution is -2.15. The molecule has 2 N–H and O–H groups in total. The molecule has 33 heavy (non-hydrogen) atoms. The molecular formula is C23H21BrF4N4O. The Hall–Kier alpha value is -2.72. The van der Waals surface area contributed by atoms with E-state index in [2.05, 4.69) is 25.9 Å². The molecule has 10 heteroatoms. The predicted octanol–water partition coefficient (Wildman–Crippen LogP) is 6.38. The third-order valence-electron chi connectivity index (χ3n) is 5.28. The van der Waals surface area contributed by atoms with Crippen molar-refractivity contribution >= 4 is 37.9 Å². The Morgan fingerprint density at radius 3 is 2.64 bits per heavy atom. The lowest BCUT2D eigenvalue weighted by Gasteiger charge is -2.15. The van der Waals surface area contributed by atoms with Crippen LogP contribution >= 0.6 is 15.9 Å². The van der Waals surface area contributed by atoms with E-state index < -0.39 is 23.9 Å². The molecule has 1 atom stereocenters. The topological polar surface area (TPSA) is 66.0 Å². The van der Waals surface area contributed by atoms with Gasteiger partial charge in [0.1, 0.15) is 17.1 Å². The van der Waals surface area contributed by atoms with Crippen molar-refractivity contribution in [3.63, 3.8) is 0 Å². The Morgan fingerprint density at radius 1 is 1.12 bits per heavy atom. The molecule has 0 saturated carbocycles. The van der Waals surface area contributed by atoms with Gasteiger partial charge >= 0.3 is 6.18 Å². The van der Waals surface area contributed by atoms with Crippen molar-refractivity contribution in [2.75, 3.05) is 6.61 Å². The normalized spacial score (nSPS) is 13.1. The zero-order chi connectivity index (χ0) is 23.8. The summed E-state index contributed by atoms with van der Waals surface area (Å²) in [6.45, 7) is 2.08. The molecule has 0 spiro atoms. The highest BCUT2D eigenvalue weighted by Crippen LogP contribution is 2.35. The van der Waals surface area contributed by atoms with Gasteiger partial charge < -0.3 is 15.0 Å². The van der Waals surface area contributed by atoms with Crippen LogP contribution in [0.25, 0.3) is 21.9 Å². The number of imidazole rings is 1. The van der Waals surface area contributed by atoms with Crippen LogP contribution < -0.4 is 10.5 Å². The molecule has 0 bridgehead atoms. The minimum Gasteiger partial charge on any atom is -0.493 e. The van der Waals surface area contributed by atoms with E-state index >= 15 is 0 Å². The number of hydrogen-bond acceptors (Lipinski definition) is 4. The van der Waals surface area contributed by atoms with Crippen LogP contribution in [-0.2, 0) is 12.7 Å². The Labute approximate surface area is 195 Å². The number of ether oxygens (including phenoxy) is 1.